The molecule has 3 aromatic rings. The predicted molar refractivity (Wildman–Crippen MR) is 119 cm³/mol. The van der Waals surface area contributed by atoms with E-state index in [2.05, 4.69) is 5.32 Å². The minimum Gasteiger partial charge on any atom is -0.321 e. The molecule has 0 radical (unpaired) electrons. The second-order valence-corrected chi connectivity index (χ2v) is 8.93. The summed E-state index contributed by atoms with van der Waals surface area (Å²) in [6.45, 7) is 3.39. The fourth-order valence-corrected chi connectivity index (χ4v) is 4.30. The molecule has 160 valence electrons. The highest BCUT2D eigenvalue weighted by molar-refractivity contribution is 7.92. The molecule has 8 nitrogen and oxygen atoms in total. The molecule has 0 spiro atoms. The van der Waals surface area contributed by atoms with Crippen LogP contribution >= 0.6 is 0 Å². The molecular formula is C22H21N3O5S. The highest BCUT2D eigenvalue weighted by atomic mass is 32.2. The zero-order valence-corrected chi connectivity index (χ0v) is 18.0. The van der Waals surface area contributed by atoms with E-state index < -0.39 is 20.9 Å². The number of sulfonamides is 1. The lowest BCUT2D eigenvalue weighted by Gasteiger charge is -2.22. The third kappa shape index (κ3) is 4.41. The Hall–Kier alpha value is -3.72. The molecule has 0 saturated heterocycles. The summed E-state index contributed by atoms with van der Waals surface area (Å²) < 4.78 is 27.2. The fourth-order valence-electron chi connectivity index (χ4n) is 3.08. The normalized spacial score (nSPS) is 11.1. The number of hydrogen-bond donors (Lipinski definition) is 1. The molecule has 0 saturated carbocycles. The Labute approximate surface area is 180 Å². The molecule has 0 bridgehead atoms. The van der Waals surface area contributed by atoms with Gasteiger partial charge in [-0.05, 0) is 44.2 Å². The summed E-state index contributed by atoms with van der Waals surface area (Å²) in [5.41, 5.74) is 1.69. The van der Waals surface area contributed by atoms with Crippen LogP contribution in [0.3, 0.4) is 0 Å². The maximum absolute atomic E-state index is 13.1. The van der Waals surface area contributed by atoms with E-state index in [4.69, 9.17) is 0 Å². The van der Waals surface area contributed by atoms with E-state index in [1.807, 2.05) is 6.92 Å². The molecule has 3 rings (SSSR count). The van der Waals surface area contributed by atoms with Crippen LogP contribution in [0.4, 0.5) is 17.1 Å². The first-order valence-corrected chi connectivity index (χ1v) is 10.8. The van der Waals surface area contributed by atoms with Crippen molar-refractivity contribution in [3.8, 4) is 0 Å². The predicted octanol–water partition coefficient (Wildman–Crippen LogP) is 4.29. The number of amides is 1. The molecule has 0 heterocycles. The molecular weight excluding hydrogens is 418 g/mol. The van der Waals surface area contributed by atoms with Gasteiger partial charge in [-0.1, -0.05) is 35.9 Å². The first-order valence-electron chi connectivity index (χ1n) is 9.33. The van der Waals surface area contributed by atoms with E-state index in [0.29, 0.717) is 5.56 Å². The largest absolute Gasteiger partial charge is 0.321 e. The molecule has 1 amide bonds. The number of rotatable bonds is 6. The highest BCUT2D eigenvalue weighted by Crippen LogP contribution is 2.29. The summed E-state index contributed by atoms with van der Waals surface area (Å²) in [4.78, 5) is 23.7. The van der Waals surface area contributed by atoms with Crippen LogP contribution in [0.2, 0.25) is 0 Å². The van der Waals surface area contributed by atoms with Crippen LogP contribution in [-0.4, -0.2) is 26.3 Å². The minimum absolute atomic E-state index is 0.102. The fraction of sp³-hybridized carbons (Fsp3) is 0.136. The average molecular weight is 439 g/mol. The number of nitro groups is 1. The number of carbonyl (C=O) groups excluding carboxylic acids is 1. The quantitative estimate of drug-likeness (QED) is 0.455. The van der Waals surface area contributed by atoms with Gasteiger partial charge in [-0.2, -0.15) is 0 Å². The first-order chi connectivity index (χ1) is 14.6. The van der Waals surface area contributed by atoms with Crippen molar-refractivity contribution in [3.05, 3.63) is 93.5 Å². The molecule has 3 aromatic carbocycles. The van der Waals surface area contributed by atoms with Crippen molar-refractivity contribution in [1.82, 2.24) is 0 Å². The second-order valence-electron chi connectivity index (χ2n) is 6.96. The molecule has 0 unspecified atom stereocenters. The Morgan fingerprint density at radius 1 is 0.968 bits per heavy atom. The van der Waals surface area contributed by atoms with Gasteiger partial charge in [0.1, 0.15) is 0 Å². The van der Waals surface area contributed by atoms with Crippen molar-refractivity contribution in [2.24, 2.45) is 0 Å². The van der Waals surface area contributed by atoms with Crippen molar-refractivity contribution in [3.63, 3.8) is 0 Å². The van der Waals surface area contributed by atoms with Crippen LogP contribution in [0.15, 0.2) is 71.6 Å². The number of carbonyl (C=O) groups is 1. The second kappa shape index (κ2) is 8.57. The monoisotopic (exact) mass is 439 g/mol. The molecule has 9 heteroatoms. The van der Waals surface area contributed by atoms with Crippen molar-refractivity contribution >= 4 is 33.0 Å². The summed E-state index contributed by atoms with van der Waals surface area (Å²) >= 11 is 0. The number of aryl methyl sites for hydroxylation is 1. The molecule has 0 aliphatic heterocycles. The van der Waals surface area contributed by atoms with E-state index in [1.165, 1.54) is 50.4 Å². The number of nitrogens with one attached hydrogen (secondary N) is 1. The summed E-state index contributed by atoms with van der Waals surface area (Å²) in [6.07, 6.45) is 0. The van der Waals surface area contributed by atoms with E-state index in [1.54, 1.807) is 30.3 Å². The Bertz CT molecular complexity index is 1250. The van der Waals surface area contributed by atoms with Crippen LogP contribution in [0.5, 0.6) is 0 Å². The van der Waals surface area contributed by atoms with Crippen molar-refractivity contribution in [1.29, 1.82) is 0 Å². The smallest absolute Gasteiger partial charge is 0.274 e. The summed E-state index contributed by atoms with van der Waals surface area (Å²) in [5, 5.41) is 13.8. The number of nitrogens with zero attached hydrogens (tertiary/aromatic N) is 2. The van der Waals surface area contributed by atoms with Gasteiger partial charge in [-0.15, -0.1) is 0 Å². The lowest BCUT2D eigenvalue weighted by molar-refractivity contribution is -0.385. The zero-order chi connectivity index (χ0) is 22.8. The van der Waals surface area contributed by atoms with E-state index >= 15 is 0 Å². The Morgan fingerprint density at radius 2 is 1.61 bits per heavy atom. The van der Waals surface area contributed by atoms with E-state index in [-0.39, 0.29) is 27.5 Å². The van der Waals surface area contributed by atoms with Crippen LogP contribution in [0.25, 0.3) is 0 Å². The number of para-hydroxylation sites is 1. The van der Waals surface area contributed by atoms with Gasteiger partial charge in [-0.3, -0.25) is 19.2 Å². The maximum Gasteiger partial charge on any atom is 0.274 e. The highest BCUT2D eigenvalue weighted by Gasteiger charge is 2.25. The summed E-state index contributed by atoms with van der Waals surface area (Å²) in [7, 11) is -2.52. The van der Waals surface area contributed by atoms with Crippen LogP contribution in [0.1, 0.15) is 21.5 Å². The molecule has 0 atom stereocenters. The van der Waals surface area contributed by atoms with Gasteiger partial charge in [0.15, 0.2) is 0 Å². The topological polar surface area (TPSA) is 110 Å². The lowest BCUT2D eigenvalue weighted by atomic mass is 10.1. The van der Waals surface area contributed by atoms with E-state index in [9.17, 15) is 23.3 Å². The first kappa shape index (κ1) is 22.0. The molecule has 31 heavy (non-hydrogen) atoms. The molecule has 0 fully saturated rings. The molecule has 1 N–H and O–H groups in total. The minimum atomic E-state index is -3.90. The molecule has 0 aliphatic carbocycles. The molecule has 0 aliphatic rings. The van der Waals surface area contributed by atoms with Gasteiger partial charge in [-0.25, -0.2) is 8.42 Å². The van der Waals surface area contributed by atoms with Gasteiger partial charge in [0, 0.05) is 13.1 Å². The SMILES string of the molecule is Cc1ccc(S(=O)(=O)N(C)c2ccccc2C(=O)Nc2cccc([N+](=O)[O-])c2C)cc1. The lowest BCUT2D eigenvalue weighted by Crippen LogP contribution is -2.29. The Morgan fingerprint density at radius 3 is 2.26 bits per heavy atom. The van der Waals surface area contributed by atoms with Gasteiger partial charge in [0.25, 0.3) is 21.6 Å². The number of nitro benzene ring substituents is 1. The van der Waals surface area contributed by atoms with Gasteiger partial charge < -0.3 is 5.32 Å². The number of anilines is 2. The van der Waals surface area contributed by atoms with Crippen molar-refractivity contribution in [2.75, 3.05) is 16.7 Å². The number of benzene rings is 3. The van der Waals surface area contributed by atoms with E-state index in [0.717, 1.165) is 9.87 Å². The zero-order valence-electron chi connectivity index (χ0n) is 17.2. The van der Waals surface area contributed by atoms with Crippen molar-refractivity contribution in [2.45, 2.75) is 18.7 Å². The Balaban J connectivity index is 1.97. The third-order valence-electron chi connectivity index (χ3n) is 4.92. The summed E-state index contributed by atoms with van der Waals surface area (Å²) in [6, 6.07) is 17.1. The van der Waals surface area contributed by atoms with Gasteiger partial charge in [0.2, 0.25) is 0 Å². The maximum atomic E-state index is 13.1. The van der Waals surface area contributed by atoms with Crippen LogP contribution < -0.4 is 9.62 Å². The Kier molecular flexibility index (Phi) is 6.07. The van der Waals surface area contributed by atoms with Crippen LogP contribution in [0, 0.1) is 24.0 Å². The third-order valence-corrected chi connectivity index (χ3v) is 6.70. The van der Waals surface area contributed by atoms with Gasteiger partial charge >= 0.3 is 0 Å². The van der Waals surface area contributed by atoms with Crippen molar-refractivity contribution < 1.29 is 18.1 Å². The standard InChI is InChI=1S/C22H21N3O5S/c1-15-11-13-17(14-12-15)31(29,30)24(3)21-9-5-4-7-18(21)22(26)23-19-8-6-10-20(16(19)2)25(27)28/h4-14H,1-3H3,(H,23,26). The van der Waals surface area contributed by atoms with Gasteiger partial charge in [0.05, 0.1) is 32.3 Å². The summed E-state index contributed by atoms with van der Waals surface area (Å²) in [5.74, 6) is -0.579. The van der Waals surface area contributed by atoms with Crippen LogP contribution in [-0.2, 0) is 10.0 Å². The molecule has 0 aromatic heterocycles. The number of hydrogen-bond acceptors (Lipinski definition) is 5. The average Bonchev–Trinajstić information content (AvgIpc) is 2.74.